The molecule has 0 saturated heterocycles. The maximum Gasteiger partial charge on any atom is 0.253 e. The Morgan fingerprint density at radius 1 is 1.07 bits per heavy atom. The molecule has 1 aliphatic rings. The molecular formula is C23H29N3O2. The lowest BCUT2D eigenvalue weighted by atomic mass is 9.94. The third-order valence-electron chi connectivity index (χ3n) is 5.24. The summed E-state index contributed by atoms with van der Waals surface area (Å²) in [5.41, 5.74) is 3.79. The van der Waals surface area contributed by atoms with Crippen LogP contribution < -0.4 is 10.6 Å². The summed E-state index contributed by atoms with van der Waals surface area (Å²) in [6.45, 7) is 6.92. The minimum Gasteiger partial charge on any atom is -0.350 e. The standard InChI is InChI=1S/C23H29N3O2/c1-3-15-26(4-2)23(28)19-11-9-18(10-12-19)22(27)25-16-21-20-8-6-5-7-17(20)13-14-24-21/h5-12,21,24H,3-4,13-16H2,1-2H3,(H,25,27). The number of amides is 2. The largest absolute Gasteiger partial charge is 0.350 e. The normalized spacial score (nSPS) is 15.6. The molecule has 1 atom stereocenters. The van der Waals surface area contributed by atoms with Gasteiger partial charge in [0.15, 0.2) is 0 Å². The number of hydrogen-bond donors (Lipinski definition) is 2. The molecule has 5 nitrogen and oxygen atoms in total. The van der Waals surface area contributed by atoms with Crippen LogP contribution in [0.15, 0.2) is 48.5 Å². The molecule has 0 fully saturated rings. The van der Waals surface area contributed by atoms with Crippen LogP contribution in [0, 0.1) is 0 Å². The Hall–Kier alpha value is -2.66. The van der Waals surface area contributed by atoms with E-state index in [2.05, 4.69) is 35.8 Å². The molecule has 2 amide bonds. The number of carbonyl (C=O) groups is 2. The number of fused-ring (bicyclic) bond motifs is 1. The van der Waals surface area contributed by atoms with Gasteiger partial charge in [0.25, 0.3) is 11.8 Å². The van der Waals surface area contributed by atoms with Gasteiger partial charge < -0.3 is 15.5 Å². The first-order chi connectivity index (χ1) is 13.6. The fourth-order valence-corrected chi connectivity index (χ4v) is 3.69. The van der Waals surface area contributed by atoms with Crippen molar-refractivity contribution in [2.24, 2.45) is 0 Å². The summed E-state index contributed by atoms with van der Waals surface area (Å²) in [4.78, 5) is 26.9. The summed E-state index contributed by atoms with van der Waals surface area (Å²) in [6.07, 6.45) is 1.95. The molecule has 0 spiro atoms. The molecule has 1 unspecified atom stereocenters. The van der Waals surface area contributed by atoms with Gasteiger partial charge in [0.1, 0.15) is 0 Å². The van der Waals surface area contributed by atoms with Crippen molar-refractivity contribution in [3.05, 3.63) is 70.8 Å². The Balaban J connectivity index is 1.60. The van der Waals surface area contributed by atoms with Crippen molar-refractivity contribution in [3.8, 4) is 0 Å². The highest BCUT2D eigenvalue weighted by Crippen LogP contribution is 2.22. The lowest BCUT2D eigenvalue weighted by Crippen LogP contribution is -2.38. The quantitative estimate of drug-likeness (QED) is 0.777. The van der Waals surface area contributed by atoms with Gasteiger partial charge in [-0.25, -0.2) is 0 Å². The van der Waals surface area contributed by atoms with E-state index in [1.54, 1.807) is 24.3 Å². The second kappa shape index (κ2) is 9.51. The third-order valence-corrected chi connectivity index (χ3v) is 5.24. The molecule has 148 valence electrons. The van der Waals surface area contributed by atoms with Gasteiger partial charge in [-0.3, -0.25) is 9.59 Å². The minimum atomic E-state index is -0.121. The molecule has 28 heavy (non-hydrogen) atoms. The molecule has 1 aliphatic heterocycles. The Labute approximate surface area is 167 Å². The van der Waals surface area contributed by atoms with Gasteiger partial charge in [-0.2, -0.15) is 0 Å². The van der Waals surface area contributed by atoms with Crippen LogP contribution in [-0.2, 0) is 6.42 Å². The van der Waals surface area contributed by atoms with Crippen molar-refractivity contribution in [1.82, 2.24) is 15.5 Å². The molecular weight excluding hydrogens is 350 g/mol. The van der Waals surface area contributed by atoms with Crippen molar-refractivity contribution in [3.63, 3.8) is 0 Å². The molecule has 3 rings (SSSR count). The number of nitrogens with one attached hydrogen (secondary N) is 2. The van der Waals surface area contributed by atoms with Gasteiger partial charge >= 0.3 is 0 Å². The van der Waals surface area contributed by atoms with E-state index in [-0.39, 0.29) is 17.9 Å². The number of benzene rings is 2. The first kappa shape index (κ1) is 20.1. The zero-order valence-electron chi connectivity index (χ0n) is 16.7. The zero-order valence-corrected chi connectivity index (χ0v) is 16.7. The molecule has 0 aliphatic carbocycles. The van der Waals surface area contributed by atoms with Crippen LogP contribution in [0.1, 0.15) is 58.2 Å². The second-order valence-corrected chi connectivity index (χ2v) is 7.13. The van der Waals surface area contributed by atoms with Gasteiger partial charge in [0.05, 0.1) is 0 Å². The maximum absolute atomic E-state index is 12.5. The molecule has 2 aromatic carbocycles. The molecule has 5 heteroatoms. The predicted molar refractivity (Wildman–Crippen MR) is 112 cm³/mol. The summed E-state index contributed by atoms with van der Waals surface area (Å²) in [5, 5.41) is 6.49. The van der Waals surface area contributed by atoms with Gasteiger partial charge in [0.2, 0.25) is 0 Å². The van der Waals surface area contributed by atoms with E-state index >= 15 is 0 Å². The maximum atomic E-state index is 12.5. The van der Waals surface area contributed by atoms with E-state index in [0.717, 1.165) is 25.9 Å². The number of rotatable bonds is 7. The summed E-state index contributed by atoms with van der Waals surface area (Å²) >= 11 is 0. The Kier molecular flexibility index (Phi) is 6.82. The summed E-state index contributed by atoms with van der Waals surface area (Å²) < 4.78 is 0. The molecule has 1 heterocycles. The molecule has 0 radical (unpaired) electrons. The highest BCUT2D eigenvalue weighted by Gasteiger charge is 2.20. The average Bonchev–Trinajstić information content (AvgIpc) is 2.75. The van der Waals surface area contributed by atoms with Crippen LogP contribution in [0.5, 0.6) is 0 Å². The van der Waals surface area contributed by atoms with E-state index in [9.17, 15) is 9.59 Å². The van der Waals surface area contributed by atoms with Gasteiger partial charge in [0, 0.05) is 36.8 Å². The first-order valence-electron chi connectivity index (χ1n) is 10.1. The first-order valence-corrected chi connectivity index (χ1v) is 10.1. The van der Waals surface area contributed by atoms with E-state index < -0.39 is 0 Å². The Morgan fingerprint density at radius 2 is 1.79 bits per heavy atom. The van der Waals surface area contributed by atoms with E-state index in [1.165, 1.54) is 11.1 Å². The molecule has 0 saturated carbocycles. The smallest absolute Gasteiger partial charge is 0.253 e. The van der Waals surface area contributed by atoms with Crippen molar-refractivity contribution in [2.75, 3.05) is 26.2 Å². The van der Waals surface area contributed by atoms with E-state index in [1.807, 2.05) is 17.9 Å². The lowest BCUT2D eigenvalue weighted by molar-refractivity contribution is 0.0763. The topological polar surface area (TPSA) is 61.4 Å². The van der Waals surface area contributed by atoms with Crippen LogP contribution >= 0.6 is 0 Å². The predicted octanol–water partition coefficient (Wildman–Crippen LogP) is 3.18. The van der Waals surface area contributed by atoms with Crippen molar-refractivity contribution < 1.29 is 9.59 Å². The third kappa shape index (κ3) is 4.60. The summed E-state index contributed by atoms with van der Waals surface area (Å²) in [7, 11) is 0. The van der Waals surface area contributed by atoms with E-state index in [4.69, 9.17) is 0 Å². The van der Waals surface area contributed by atoms with Gasteiger partial charge in [-0.05, 0) is 61.7 Å². The highest BCUT2D eigenvalue weighted by atomic mass is 16.2. The highest BCUT2D eigenvalue weighted by molar-refractivity contribution is 5.97. The van der Waals surface area contributed by atoms with Crippen LogP contribution in [0.25, 0.3) is 0 Å². The number of hydrogen-bond acceptors (Lipinski definition) is 3. The monoisotopic (exact) mass is 379 g/mol. The Bertz CT molecular complexity index is 817. The molecule has 2 N–H and O–H groups in total. The SMILES string of the molecule is CCCN(CC)C(=O)c1ccc(C(=O)NCC2NCCc3ccccc32)cc1. The van der Waals surface area contributed by atoms with Crippen LogP contribution in [0.2, 0.25) is 0 Å². The van der Waals surface area contributed by atoms with Crippen LogP contribution in [-0.4, -0.2) is 42.9 Å². The van der Waals surface area contributed by atoms with E-state index in [0.29, 0.717) is 24.2 Å². The minimum absolute atomic E-state index is 0.0133. The van der Waals surface area contributed by atoms with Crippen LogP contribution in [0.3, 0.4) is 0 Å². The zero-order chi connectivity index (χ0) is 19.9. The van der Waals surface area contributed by atoms with Gasteiger partial charge in [-0.15, -0.1) is 0 Å². The lowest BCUT2D eigenvalue weighted by Gasteiger charge is -2.27. The average molecular weight is 380 g/mol. The van der Waals surface area contributed by atoms with Crippen LogP contribution in [0.4, 0.5) is 0 Å². The number of carbonyl (C=O) groups excluding carboxylic acids is 2. The molecule has 0 bridgehead atoms. The van der Waals surface area contributed by atoms with Crippen molar-refractivity contribution >= 4 is 11.8 Å². The van der Waals surface area contributed by atoms with Crippen molar-refractivity contribution in [2.45, 2.75) is 32.7 Å². The summed E-state index contributed by atoms with van der Waals surface area (Å²) in [5.74, 6) is -0.107. The van der Waals surface area contributed by atoms with Gasteiger partial charge in [-0.1, -0.05) is 31.2 Å². The molecule has 2 aromatic rings. The number of nitrogens with zero attached hydrogens (tertiary/aromatic N) is 1. The van der Waals surface area contributed by atoms with Crippen molar-refractivity contribution in [1.29, 1.82) is 0 Å². The fourth-order valence-electron chi connectivity index (χ4n) is 3.69. The second-order valence-electron chi connectivity index (χ2n) is 7.13. The fraction of sp³-hybridized carbons (Fsp3) is 0.391. The Morgan fingerprint density at radius 3 is 2.50 bits per heavy atom. The summed E-state index contributed by atoms with van der Waals surface area (Å²) in [6, 6.07) is 15.4. The molecule has 0 aromatic heterocycles.